The average molecular weight is 357 g/mol. The van der Waals surface area contributed by atoms with Crippen LogP contribution >= 0.6 is 11.6 Å². The lowest BCUT2D eigenvalue weighted by molar-refractivity contribution is -0.121. The molecule has 1 amide bonds. The Hall–Kier alpha value is -2.73. The molecule has 2 aromatic heterocycles. The fourth-order valence-electron chi connectivity index (χ4n) is 2.32. The van der Waals surface area contributed by atoms with Gasteiger partial charge in [-0.05, 0) is 42.8 Å². The minimum atomic E-state index is -0.103. The highest BCUT2D eigenvalue weighted by Gasteiger charge is 2.13. The number of aryl methyl sites for hydroxylation is 1. The van der Waals surface area contributed by atoms with Crippen LogP contribution in [0.3, 0.4) is 0 Å². The van der Waals surface area contributed by atoms with Gasteiger partial charge in [0.15, 0.2) is 0 Å². The van der Waals surface area contributed by atoms with Gasteiger partial charge in [0.2, 0.25) is 17.6 Å². The summed E-state index contributed by atoms with van der Waals surface area (Å²) in [4.78, 5) is 20.4. The van der Waals surface area contributed by atoms with E-state index in [1.165, 1.54) is 0 Å². The molecule has 1 aromatic carbocycles. The normalized spacial score (nSPS) is 11.9. The van der Waals surface area contributed by atoms with Gasteiger partial charge in [0.25, 0.3) is 0 Å². The molecule has 0 aliphatic heterocycles. The van der Waals surface area contributed by atoms with Crippen molar-refractivity contribution in [3.8, 4) is 11.4 Å². The van der Waals surface area contributed by atoms with Crippen molar-refractivity contribution in [1.29, 1.82) is 0 Å². The number of nitrogens with zero attached hydrogens (tertiary/aromatic N) is 3. The van der Waals surface area contributed by atoms with Crippen LogP contribution in [0, 0.1) is 0 Å². The van der Waals surface area contributed by atoms with E-state index in [1.54, 1.807) is 24.5 Å². The molecule has 1 N–H and O–H groups in total. The number of carbonyl (C=O) groups excluding carboxylic acids is 1. The second kappa shape index (κ2) is 7.90. The SMILES string of the molecule is CC(NC(=O)CCc1nc(-c2ccc(Cl)cc2)no1)c1cccnc1. The summed E-state index contributed by atoms with van der Waals surface area (Å²) in [6, 6.07) is 10.8. The van der Waals surface area contributed by atoms with Crippen LogP contribution in [0.15, 0.2) is 53.3 Å². The molecule has 7 heteroatoms. The first-order chi connectivity index (χ1) is 12.1. The summed E-state index contributed by atoms with van der Waals surface area (Å²) in [6.45, 7) is 1.92. The van der Waals surface area contributed by atoms with Crippen LogP contribution in [-0.2, 0) is 11.2 Å². The van der Waals surface area contributed by atoms with Crippen molar-refractivity contribution < 1.29 is 9.32 Å². The number of pyridine rings is 1. The number of aromatic nitrogens is 3. The number of rotatable bonds is 6. The van der Waals surface area contributed by atoms with E-state index in [9.17, 15) is 4.79 Å². The molecule has 0 bridgehead atoms. The molecular weight excluding hydrogens is 340 g/mol. The van der Waals surface area contributed by atoms with Gasteiger partial charge < -0.3 is 9.84 Å². The minimum Gasteiger partial charge on any atom is -0.350 e. The van der Waals surface area contributed by atoms with Crippen molar-refractivity contribution in [3.05, 3.63) is 65.3 Å². The number of amides is 1. The van der Waals surface area contributed by atoms with E-state index in [1.807, 2.05) is 31.2 Å². The molecule has 1 unspecified atom stereocenters. The summed E-state index contributed by atoms with van der Waals surface area (Å²) in [5, 5.41) is 7.51. The smallest absolute Gasteiger partial charge is 0.227 e. The van der Waals surface area contributed by atoms with Crippen molar-refractivity contribution in [2.24, 2.45) is 0 Å². The zero-order valence-corrected chi connectivity index (χ0v) is 14.4. The Morgan fingerprint density at radius 3 is 2.80 bits per heavy atom. The Labute approximate surface area is 150 Å². The molecule has 1 atom stereocenters. The predicted molar refractivity (Wildman–Crippen MR) is 93.9 cm³/mol. The van der Waals surface area contributed by atoms with Crippen molar-refractivity contribution >= 4 is 17.5 Å². The monoisotopic (exact) mass is 356 g/mol. The largest absolute Gasteiger partial charge is 0.350 e. The Kier molecular flexibility index (Phi) is 5.40. The summed E-state index contributed by atoms with van der Waals surface area (Å²) >= 11 is 5.86. The van der Waals surface area contributed by atoms with Gasteiger partial charge in [-0.2, -0.15) is 4.98 Å². The highest BCUT2D eigenvalue weighted by atomic mass is 35.5. The third-order valence-corrected chi connectivity index (χ3v) is 3.95. The third-order valence-electron chi connectivity index (χ3n) is 3.70. The highest BCUT2D eigenvalue weighted by Crippen LogP contribution is 2.19. The number of halogens is 1. The molecule has 25 heavy (non-hydrogen) atoms. The summed E-state index contributed by atoms with van der Waals surface area (Å²) < 4.78 is 5.21. The van der Waals surface area contributed by atoms with Gasteiger partial charge in [0, 0.05) is 35.8 Å². The van der Waals surface area contributed by atoms with Crippen molar-refractivity contribution in [1.82, 2.24) is 20.4 Å². The van der Waals surface area contributed by atoms with Crippen LogP contribution < -0.4 is 5.32 Å². The molecule has 0 radical (unpaired) electrons. The second-order valence-corrected chi connectivity index (χ2v) is 6.03. The van der Waals surface area contributed by atoms with E-state index in [-0.39, 0.29) is 18.4 Å². The molecule has 0 aliphatic carbocycles. The van der Waals surface area contributed by atoms with Crippen molar-refractivity contribution in [3.63, 3.8) is 0 Å². The maximum absolute atomic E-state index is 12.1. The third kappa shape index (κ3) is 4.64. The van der Waals surface area contributed by atoms with Crippen LogP contribution in [0.1, 0.15) is 30.8 Å². The van der Waals surface area contributed by atoms with Crippen LogP contribution in [-0.4, -0.2) is 21.0 Å². The van der Waals surface area contributed by atoms with E-state index < -0.39 is 0 Å². The fraction of sp³-hybridized carbons (Fsp3) is 0.222. The van der Waals surface area contributed by atoms with Gasteiger partial charge in [0.1, 0.15) is 0 Å². The van der Waals surface area contributed by atoms with Crippen LogP contribution in [0.4, 0.5) is 0 Å². The number of benzene rings is 1. The van der Waals surface area contributed by atoms with E-state index >= 15 is 0 Å². The molecule has 2 heterocycles. The van der Waals surface area contributed by atoms with Gasteiger partial charge in [-0.15, -0.1) is 0 Å². The molecule has 3 rings (SSSR count). The highest BCUT2D eigenvalue weighted by molar-refractivity contribution is 6.30. The van der Waals surface area contributed by atoms with E-state index in [4.69, 9.17) is 16.1 Å². The number of carbonyl (C=O) groups is 1. The van der Waals surface area contributed by atoms with Gasteiger partial charge in [-0.3, -0.25) is 9.78 Å². The minimum absolute atomic E-state index is 0.0809. The maximum Gasteiger partial charge on any atom is 0.227 e. The number of nitrogens with one attached hydrogen (secondary N) is 1. The maximum atomic E-state index is 12.1. The molecule has 0 spiro atoms. The molecule has 0 aliphatic rings. The standard InChI is InChI=1S/C18H17ClN4O2/c1-12(14-3-2-10-20-11-14)21-16(24)8-9-17-22-18(23-25-17)13-4-6-15(19)7-5-13/h2-7,10-12H,8-9H2,1H3,(H,21,24). The van der Waals surface area contributed by atoms with E-state index in [0.717, 1.165) is 11.1 Å². The quantitative estimate of drug-likeness (QED) is 0.729. The molecule has 0 fully saturated rings. The van der Waals surface area contributed by atoms with Crippen molar-refractivity contribution in [2.45, 2.75) is 25.8 Å². The zero-order chi connectivity index (χ0) is 17.6. The van der Waals surface area contributed by atoms with Gasteiger partial charge in [-0.1, -0.05) is 22.8 Å². The lowest BCUT2D eigenvalue weighted by Gasteiger charge is -2.13. The number of hydrogen-bond acceptors (Lipinski definition) is 5. The van der Waals surface area contributed by atoms with Gasteiger partial charge in [0.05, 0.1) is 6.04 Å². The van der Waals surface area contributed by atoms with Crippen molar-refractivity contribution in [2.75, 3.05) is 0 Å². The first kappa shape index (κ1) is 17.1. The van der Waals surface area contributed by atoms with Gasteiger partial charge in [-0.25, -0.2) is 0 Å². The summed E-state index contributed by atoms with van der Waals surface area (Å²) in [6.07, 6.45) is 4.09. The Bertz CT molecular complexity index is 834. The molecule has 128 valence electrons. The molecule has 6 nitrogen and oxygen atoms in total. The Balaban J connectivity index is 1.53. The Morgan fingerprint density at radius 2 is 2.08 bits per heavy atom. The number of hydrogen-bond donors (Lipinski definition) is 1. The second-order valence-electron chi connectivity index (χ2n) is 5.59. The van der Waals surface area contributed by atoms with E-state index in [0.29, 0.717) is 23.2 Å². The molecular formula is C18H17ClN4O2. The van der Waals surface area contributed by atoms with E-state index in [2.05, 4.69) is 20.4 Å². The molecule has 0 saturated carbocycles. The fourth-order valence-corrected chi connectivity index (χ4v) is 2.45. The Morgan fingerprint density at radius 1 is 1.28 bits per heavy atom. The lowest BCUT2D eigenvalue weighted by Crippen LogP contribution is -2.26. The molecule has 0 saturated heterocycles. The van der Waals surface area contributed by atoms with Crippen LogP contribution in [0.5, 0.6) is 0 Å². The first-order valence-electron chi connectivity index (χ1n) is 7.89. The van der Waals surface area contributed by atoms with Crippen LogP contribution in [0.2, 0.25) is 5.02 Å². The average Bonchev–Trinajstić information content (AvgIpc) is 3.10. The summed E-state index contributed by atoms with van der Waals surface area (Å²) in [5.74, 6) is 0.826. The van der Waals surface area contributed by atoms with Crippen LogP contribution in [0.25, 0.3) is 11.4 Å². The zero-order valence-electron chi connectivity index (χ0n) is 13.6. The van der Waals surface area contributed by atoms with Gasteiger partial charge >= 0.3 is 0 Å². The molecule has 3 aromatic rings. The topological polar surface area (TPSA) is 80.9 Å². The predicted octanol–water partition coefficient (Wildman–Crippen LogP) is 3.60. The first-order valence-corrected chi connectivity index (χ1v) is 8.27. The summed E-state index contributed by atoms with van der Waals surface area (Å²) in [7, 11) is 0. The lowest BCUT2D eigenvalue weighted by atomic mass is 10.1. The summed E-state index contributed by atoms with van der Waals surface area (Å²) in [5.41, 5.74) is 1.77.